The quantitative estimate of drug-likeness (QED) is 0.585. The SMILES string of the molecule is CCCCCOC(=O)c1ccc(C)cc1C(=O)OC. The van der Waals surface area contributed by atoms with Crippen LogP contribution in [0.25, 0.3) is 0 Å². The Bertz CT molecular complexity index is 451. The second-order valence-electron chi connectivity index (χ2n) is 4.38. The Morgan fingerprint density at radius 3 is 2.47 bits per heavy atom. The highest BCUT2D eigenvalue weighted by atomic mass is 16.5. The summed E-state index contributed by atoms with van der Waals surface area (Å²) in [6, 6.07) is 5.01. The minimum atomic E-state index is -0.524. The van der Waals surface area contributed by atoms with Crippen LogP contribution in [0.2, 0.25) is 0 Å². The topological polar surface area (TPSA) is 52.6 Å². The lowest BCUT2D eigenvalue weighted by Crippen LogP contribution is -2.13. The van der Waals surface area contributed by atoms with Gasteiger partial charge in [-0.25, -0.2) is 9.59 Å². The highest BCUT2D eigenvalue weighted by Crippen LogP contribution is 2.14. The van der Waals surface area contributed by atoms with E-state index in [0.717, 1.165) is 24.8 Å². The van der Waals surface area contributed by atoms with Crippen molar-refractivity contribution >= 4 is 11.9 Å². The van der Waals surface area contributed by atoms with E-state index in [1.807, 2.05) is 6.92 Å². The maximum Gasteiger partial charge on any atom is 0.339 e. The third kappa shape index (κ3) is 4.39. The molecule has 0 radical (unpaired) electrons. The molecule has 0 atom stereocenters. The molecule has 0 bridgehead atoms. The van der Waals surface area contributed by atoms with E-state index in [4.69, 9.17) is 4.74 Å². The molecule has 4 nitrogen and oxygen atoms in total. The Morgan fingerprint density at radius 2 is 1.84 bits per heavy atom. The van der Waals surface area contributed by atoms with E-state index < -0.39 is 11.9 Å². The summed E-state index contributed by atoms with van der Waals surface area (Å²) in [7, 11) is 1.29. The van der Waals surface area contributed by atoms with Crippen LogP contribution < -0.4 is 0 Å². The van der Waals surface area contributed by atoms with Gasteiger partial charge in [0, 0.05) is 0 Å². The number of hydrogen-bond donors (Lipinski definition) is 0. The number of aryl methyl sites for hydroxylation is 1. The van der Waals surface area contributed by atoms with Crippen molar-refractivity contribution in [3.05, 3.63) is 34.9 Å². The molecule has 0 aliphatic heterocycles. The van der Waals surface area contributed by atoms with Gasteiger partial charge in [-0.3, -0.25) is 0 Å². The monoisotopic (exact) mass is 264 g/mol. The van der Waals surface area contributed by atoms with Crippen molar-refractivity contribution in [2.24, 2.45) is 0 Å². The molecule has 1 aromatic carbocycles. The number of esters is 2. The minimum Gasteiger partial charge on any atom is -0.465 e. The maximum atomic E-state index is 11.9. The third-order valence-corrected chi connectivity index (χ3v) is 2.78. The first-order valence-electron chi connectivity index (χ1n) is 6.46. The minimum absolute atomic E-state index is 0.253. The fourth-order valence-electron chi connectivity index (χ4n) is 1.71. The number of methoxy groups -OCH3 is 1. The van der Waals surface area contributed by atoms with E-state index in [-0.39, 0.29) is 11.1 Å². The van der Waals surface area contributed by atoms with Crippen LogP contribution >= 0.6 is 0 Å². The van der Waals surface area contributed by atoms with Crippen LogP contribution in [0.1, 0.15) is 52.5 Å². The predicted octanol–water partition coefficient (Wildman–Crippen LogP) is 3.13. The number of unbranched alkanes of at least 4 members (excludes halogenated alkanes) is 2. The number of carbonyl (C=O) groups excluding carboxylic acids is 2. The van der Waals surface area contributed by atoms with Gasteiger partial charge in [0.15, 0.2) is 0 Å². The molecule has 1 aromatic rings. The first-order valence-corrected chi connectivity index (χ1v) is 6.46. The first-order chi connectivity index (χ1) is 9.10. The molecule has 0 amide bonds. The average molecular weight is 264 g/mol. The van der Waals surface area contributed by atoms with Gasteiger partial charge in [-0.05, 0) is 25.5 Å². The molecule has 0 N–H and O–H groups in total. The molecule has 19 heavy (non-hydrogen) atoms. The summed E-state index contributed by atoms with van der Waals surface area (Å²) < 4.78 is 9.84. The Balaban J connectivity index is 2.81. The molecule has 0 saturated heterocycles. The Morgan fingerprint density at radius 1 is 1.11 bits per heavy atom. The van der Waals surface area contributed by atoms with Crippen molar-refractivity contribution in [2.45, 2.75) is 33.1 Å². The van der Waals surface area contributed by atoms with Crippen LogP contribution in [-0.2, 0) is 9.47 Å². The zero-order valence-electron chi connectivity index (χ0n) is 11.7. The summed E-state index contributed by atoms with van der Waals surface area (Å²) >= 11 is 0. The Labute approximate surface area is 113 Å². The summed E-state index contributed by atoms with van der Waals surface area (Å²) in [4.78, 5) is 23.6. The molecule has 1 rings (SSSR count). The van der Waals surface area contributed by atoms with Gasteiger partial charge in [-0.2, -0.15) is 0 Å². The fourth-order valence-corrected chi connectivity index (χ4v) is 1.71. The van der Waals surface area contributed by atoms with Gasteiger partial charge >= 0.3 is 11.9 Å². The van der Waals surface area contributed by atoms with Crippen molar-refractivity contribution in [3.8, 4) is 0 Å². The van der Waals surface area contributed by atoms with Gasteiger partial charge in [0.1, 0.15) is 0 Å². The summed E-state index contributed by atoms with van der Waals surface area (Å²) in [5, 5.41) is 0. The molecular weight excluding hydrogens is 244 g/mol. The van der Waals surface area contributed by atoms with Gasteiger partial charge in [0.25, 0.3) is 0 Å². The smallest absolute Gasteiger partial charge is 0.339 e. The number of ether oxygens (including phenoxy) is 2. The lowest BCUT2D eigenvalue weighted by atomic mass is 10.0. The third-order valence-electron chi connectivity index (χ3n) is 2.78. The van der Waals surface area contributed by atoms with Gasteiger partial charge < -0.3 is 9.47 Å². The molecular formula is C15H20O4. The van der Waals surface area contributed by atoms with Crippen molar-refractivity contribution in [3.63, 3.8) is 0 Å². The first kappa shape index (κ1) is 15.2. The van der Waals surface area contributed by atoms with Crippen LogP contribution in [0.5, 0.6) is 0 Å². The second kappa shape index (κ2) is 7.56. The van der Waals surface area contributed by atoms with Crippen LogP contribution in [0.4, 0.5) is 0 Å². The van der Waals surface area contributed by atoms with Crippen LogP contribution in [0, 0.1) is 6.92 Å². The standard InChI is InChI=1S/C15H20O4/c1-4-5-6-9-19-15(17)12-8-7-11(2)10-13(12)14(16)18-3/h7-8,10H,4-6,9H2,1-3H3. The molecule has 0 aromatic heterocycles. The van der Waals surface area contributed by atoms with E-state index in [0.29, 0.717) is 6.61 Å². The highest BCUT2D eigenvalue weighted by molar-refractivity contribution is 6.03. The van der Waals surface area contributed by atoms with Crippen LogP contribution in [0.15, 0.2) is 18.2 Å². The maximum absolute atomic E-state index is 11.9. The molecule has 0 aliphatic carbocycles. The zero-order chi connectivity index (χ0) is 14.3. The van der Waals surface area contributed by atoms with Crippen LogP contribution in [0.3, 0.4) is 0 Å². The van der Waals surface area contributed by atoms with Crippen molar-refractivity contribution in [2.75, 3.05) is 13.7 Å². The molecule has 0 saturated carbocycles. The molecule has 4 heteroatoms. The van der Waals surface area contributed by atoms with Crippen molar-refractivity contribution in [1.82, 2.24) is 0 Å². The molecule has 0 unspecified atom stereocenters. The fraction of sp³-hybridized carbons (Fsp3) is 0.467. The molecule has 0 heterocycles. The molecule has 104 valence electrons. The largest absolute Gasteiger partial charge is 0.465 e. The normalized spacial score (nSPS) is 10.1. The van der Waals surface area contributed by atoms with Crippen LogP contribution in [-0.4, -0.2) is 25.7 Å². The second-order valence-corrected chi connectivity index (χ2v) is 4.38. The van der Waals surface area contributed by atoms with E-state index >= 15 is 0 Å². The summed E-state index contributed by atoms with van der Waals surface area (Å²) in [5.41, 5.74) is 1.40. The number of carbonyl (C=O) groups is 2. The number of hydrogen-bond acceptors (Lipinski definition) is 4. The Hall–Kier alpha value is -1.84. The van der Waals surface area contributed by atoms with Gasteiger partial charge in [0.2, 0.25) is 0 Å². The summed E-state index contributed by atoms with van der Waals surface area (Å²) in [6.07, 6.45) is 2.92. The number of benzene rings is 1. The zero-order valence-corrected chi connectivity index (χ0v) is 11.7. The summed E-state index contributed by atoms with van der Waals surface area (Å²) in [5.74, 6) is -0.999. The molecule has 0 spiro atoms. The van der Waals surface area contributed by atoms with E-state index in [2.05, 4.69) is 11.7 Å². The van der Waals surface area contributed by atoms with Crippen molar-refractivity contribution in [1.29, 1.82) is 0 Å². The average Bonchev–Trinajstić information content (AvgIpc) is 2.42. The predicted molar refractivity (Wildman–Crippen MR) is 72.3 cm³/mol. The summed E-state index contributed by atoms with van der Waals surface area (Å²) in [6.45, 7) is 4.31. The highest BCUT2D eigenvalue weighted by Gasteiger charge is 2.18. The van der Waals surface area contributed by atoms with E-state index in [9.17, 15) is 9.59 Å². The lowest BCUT2D eigenvalue weighted by Gasteiger charge is -2.09. The van der Waals surface area contributed by atoms with E-state index in [1.165, 1.54) is 7.11 Å². The molecule has 0 aliphatic rings. The molecule has 0 fully saturated rings. The van der Waals surface area contributed by atoms with E-state index in [1.54, 1.807) is 18.2 Å². The Kier molecular flexibility index (Phi) is 6.06. The number of rotatable bonds is 6. The van der Waals surface area contributed by atoms with Crippen molar-refractivity contribution < 1.29 is 19.1 Å². The lowest BCUT2D eigenvalue weighted by molar-refractivity contribution is 0.0480. The van der Waals surface area contributed by atoms with Gasteiger partial charge in [-0.15, -0.1) is 0 Å². The van der Waals surface area contributed by atoms with Gasteiger partial charge in [0.05, 0.1) is 24.8 Å². The van der Waals surface area contributed by atoms with Gasteiger partial charge in [-0.1, -0.05) is 31.4 Å².